The van der Waals surface area contributed by atoms with Gasteiger partial charge in [0.1, 0.15) is 0 Å². The summed E-state index contributed by atoms with van der Waals surface area (Å²) in [7, 11) is 0. The summed E-state index contributed by atoms with van der Waals surface area (Å²) in [6.45, 7) is 4.43. The highest BCUT2D eigenvalue weighted by molar-refractivity contribution is 5.60. The molecule has 0 amide bonds. The Balaban J connectivity index is 1.59. The Morgan fingerprint density at radius 3 is 2.95 bits per heavy atom. The molecular formula is C15H19N3O3. The fourth-order valence-electron chi connectivity index (χ4n) is 2.17. The van der Waals surface area contributed by atoms with Crippen LogP contribution in [0.4, 0.5) is 0 Å². The number of benzene rings is 1. The first kappa shape index (κ1) is 13.9. The summed E-state index contributed by atoms with van der Waals surface area (Å²) in [6.07, 6.45) is 2.92. The molecule has 1 aliphatic rings. The lowest BCUT2D eigenvalue weighted by Gasteiger charge is -2.00. The predicted octanol–water partition coefficient (Wildman–Crippen LogP) is 2.40. The molecule has 2 heterocycles. The molecule has 0 saturated heterocycles. The maximum Gasteiger partial charge on any atom is 0.247 e. The van der Waals surface area contributed by atoms with E-state index < -0.39 is 0 Å². The number of fused-ring (bicyclic) bond motifs is 1. The molecule has 6 nitrogen and oxygen atoms in total. The van der Waals surface area contributed by atoms with Crippen molar-refractivity contribution < 1.29 is 13.9 Å². The van der Waals surface area contributed by atoms with Crippen molar-refractivity contribution in [3.8, 4) is 23.0 Å². The first-order valence-corrected chi connectivity index (χ1v) is 7.30. The largest absolute Gasteiger partial charge is 0.454 e. The normalized spacial score (nSPS) is 12.8. The minimum Gasteiger partial charge on any atom is -0.454 e. The van der Waals surface area contributed by atoms with Crippen molar-refractivity contribution in [2.45, 2.75) is 26.2 Å². The lowest BCUT2D eigenvalue weighted by Crippen LogP contribution is -2.16. The third-order valence-electron chi connectivity index (χ3n) is 3.26. The van der Waals surface area contributed by atoms with Gasteiger partial charge in [0.2, 0.25) is 18.6 Å². The highest BCUT2D eigenvalue weighted by Gasteiger charge is 2.16. The fraction of sp³-hybridized carbons (Fsp3) is 0.467. The number of aromatic nitrogens is 2. The Kier molecular flexibility index (Phi) is 4.35. The van der Waals surface area contributed by atoms with Crippen molar-refractivity contribution in [2.75, 3.05) is 19.9 Å². The highest BCUT2D eigenvalue weighted by atomic mass is 16.7. The number of ether oxygens (including phenoxy) is 2. The SMILES string of the molecule is CCCNCCCc1nnc(-c2ccc3c(c2)OCO3)o1. The highest BCUT2D eigenvalue weighted by Crippen LogP contribution is 2.35. The Labute approximate surface area is 123 Å². The molecule has 1 N–H and O–H groups in total. The van der Waals surface area contributed by atoms with E-state index >= 15 is 0 Å². The van der Waals surface area contributed by atoms with Crippen LogP contribution in [0.3, 0.4) is 0 Å². The van der Waals surface area contributed by atoms with E-state index in [1.165, 1.54) is 0 Å². The smallest absolute Gasteiger partial charge is 0.247 e. The Morgan fingerprint density at radius 2 is 2.05 bits per heavy atom. The molecule has 3 rings (SSSR count). The molecule has 0 saturated carbocycles. The minimum absolute atomic E-state index is 0.263. The summed E-state index contributed by atoms with van der Waals surface area (Å²) in [5.41, 5.74) is 0.849. The number of hydrogen-bond acceptors (Lipinski definition) is 6. The van der Waals surface area contributed by atoms with Gasteiger partial charge in [-0.1, -0.05) is 6.92 Å². The van der Waals surface area contributed by atoms with Gasteiger partial charge in [0.25, 0.3) is 0 Å². The maximum absolute atomic E-state index is 5.69. The Morgan fingerprint density at radius 1 is 1.14 bits per heavy atom. The zero-order valence-electron chi connectivity index (χ0n) is 12.1. The van der Waals surface area contributed by atoms with Gasteiger partial charge in [0.05, 0.1) is 0 Å². The van der Waals surface area contributed by atoms with Crippen molar-refractivity contribution in [1.82, 2.24) is 15.5 Å². The second-order valence-corrected chi connectivity index (χ2v) is 4.92. The van der Waals surface area contributed by atoms with Gasteiger partial charge in [0.15, 0.2) is 11.5 Å². The van der Waals surface area contributed by atoms with Crippen LogP contribution < -0.4 is 14.8 Å². The zero-order valence-corrected chi connectivity index (χ0v) is 12.1. The predicted molar refractivity (Wildman–Crippen MR) is 77.3 cm³/mol. The van der Waals surface area contributed by atoms with Gasteiger partial charge in [-0.2, -0.15) is 0 Å². The van der Waals surface area contributed by atoms with Gasteiger partial charge >= 0.3 is 0 Å². The van der Waals surface area contributed by atoms with E-state index in [1.54, 1.807) is 0 Å². The quantitative estimate of drug-likeness (QED) is 0.789. The average Bonchev–Trinajstić information content (AvgIpc) is 3.15. The van der Waals surface area contributed by atoms with Crippen LogP contribution in [-0.2, 0) is 6.42 Å². The van der Waals surface area contributed by atoms with Crippen molar-refractivity contribution in [3.63, 3.8) is 0 Å². The van der Waals surface area contributed by atoms with Crippen LogP contribution in [0, 0.1) is 0 Å². The summed E-state index contributed by atoms with van der Waals surface area (Å²) in [6, 6.07) is 5.62. The van der Waals surface area contributed by atoms with Gasteiger partial charge in [0, 0.05) is 12.0 Å². The molecule has 0 aliphatic carbocycles. The van der Waals surface area contributed by atoms with Crippen molar-refractivity contribution in [1.29, 1.82) is 0 Å². The van der Waals surface area contributed by atoms with Gasteiger partial charge in [-0.25, -0.2) is 0 Å². The molecular weight excluding hydrogens is 270 g/mol. The Bertz CT molecular complexity index is 598. The van der Waals surface area contributed by atoms with Crippen LogP contribution in [0.5, 0.6) is 11.5 Å². The molecule has 0 atom stereocenters. The Hall–Kier alpha value is -2.08. The van der Waals surface area contributed by atoms with Crippen LogP contribution in [0.25, 0.3) is 11.5 Å². The second-order valence-electron chi connectivity index (χ2n) is 4.92. The van der Waals surface area contributed by atoms with Crippen LogP contribution >= 0.6 is 0 Å². The molecule has 0 bridgehead atoms. The molecule has 2 aromatic rings. The lowest BCUT2D eigenvalue weighted by molar-refractivity contribution is 0.174. The van der Waals surface area contributed by atoms with E-state index in [-0.39, 0.29) is 6.79 Å². The summed E-state index contributed by atoms with van der Waals surface area (Å²) < 4.78 is 16.3. The van der Waals surface area contributed by atoms with E-state index in [9.17, 15) is 0 Å². The molecule has 0 spiro atoms. The molecule has 112 valence electrons. The molecule has 0 unspecified atom stereocenters. The van der Waals surface area contributed by atoms with Gasteiger partial charge in [-0.05, 0) is 44.1 Å². The molecule has 1 aromatic heterocycles. The standard InChI is InChI=1S/C15H19N3O3/c1-2-7-16-8-3-4-14-17-18-15(21-14)11-5-6-12-13(9-11)20-10-19-12/h5-6,9,16H,2-4,7-8,10H2,1H3. The molecule has 0 fully saturated rings. The number of nitrogens with zero attached hydrogens (tertiary/aromatic N) is 2. The van der Waals surface area contributed by atoms with Crippen LogP contribution in [0.15, 0.2) is 22.6 Å². The van der Waals surface area contributed by atoms with Crippen molar-refractivity contribution in [2.24, 2.45) is 0 Å². The molecule has 1 aromatic carbocycles. The number of aryl methyl sites for hydroxylation is 1. The average molecular weight is 289 g/mol. The summed E-state index contributed by atoms with van der Waals surface area (Å²) in [5.74, 6) is 2.65. The monoisotopic (exact) mass is 289 g/mol. The van der Waals surface area contributed by atoms with Crippen molar-refractivity contribution in [3.05, 3.63) is 24.1 Å². The van der Waals surface area contributed by atoms with Crippen LogP contribution in [0.1, 0.15) is 25.7 Å². The first-order chi connectivity index (χ1) is 10.4. The molecule has 6 heteroatoms. The number of hydrogen-bond donors (Lipinski definition) is 1. The van der Waals surface area contributed by atoms with E-state index in [2.05, 4.69) is 22.4 Å². The summed E-state index contributed by atoms with van der Waals surface area (Å²) in [5, 5.41) is 11.5. The topological polar surface area (TPSA) is 69.4 Å². The number of rotatable bonds is 7. The van der Waals surface area contributed by atoms with Crippen LogP contribution in [-0.4, -0.2) is 30.1 Å². The first-order valence-electron chi connectivity index (χ1n) is 7.30. The van der Waals surface area contributed by atoms with Crippen molar-refractivity contribution >= 4 is 0 Å². The molecule has 0 radical (unpaired) electrons. The van der Waals surface area contributed by atoms with E-state index in [1.807, 2.05) is 18.2 Å². The maximum atomic E-state index is 5.69. The van der Waals surface area contributed by atoms with Gasteiger partial charge in [-0.3, -0.25) is 0 Å². The van der Waals surface area contributed by atoms with E-state index in [0.717, 1.165) is 49.4 Å². The molecule has 21 heavy (non-hydrogen) atoms. The lowest BCUT2D eigenvalue weighted by atomic mass is 10.2. The fourth-order valence-corrected chi connectivity index (χ4v) is 2.17. The van der Waals surface area contributed by atoms with Gasteiger partial charge in [-0.15, -0.1) is 10.2 Å². The zero-order chi connectivity index (χ0) is 14.5. The van der Waals surface area contributed by atoms with E-state index in [0.29, 0.717) is 11.8 Å². The summed E-state index contributed by atoms with van der Waals surface area (Å²) >= 11 is 0. The molecule has 1 aliphatic heterocycles. The summed E-state index contributed by atoms with van der Waals surface area (Å²) in [4.78, 5) is 0. The third kappa shape index (κ3) is 3.33. The van der Waals surface area contributed by atoms with Crippen LogP contribution in [0.2, 0.25) is 0 Å². The minimum atomic E-state index is 0.263. The third-order valence-corrected chi connectivity index (χ3v) is 3.26. The number of nitrogens with one attached hydrogen (secondary N) is 1. The van der Waals surface area contributed by atoms with Gasteiger partial charge < -0.3 is 19.2 Å². The second kappa shape index (κ2) is 6.58. The van der Waals surface area contributed by atoms with E-state index in [4.69, 9.17) is 13.9 Å².